The van der Waals surface area contributed by atoms with E-state index in [1.165, 1.54) is 25.7 Å². The standard InChI is InChI=1S/C32H41F3N2O3/c33-32(34,35)31(39)16-15-30(22-24-9-4-3-5-10-24)26(23-31)12-11-25-21-27(13-14-28(25)30)40-29(38)36-17-8-20-37-18-6-1-2-7-19-37/h3-5,9-10,13-14,21,26,39H,1-2,6-8,11-12,15-20,22-23H2,(H,36,38)/t26-,30+,31-/m1/s1. The van der Waals surface area contributed by atoms with Crippen molar-refractivity contribution in [3.63, 3.8) is 0 Å². The average molecular weight is 559 g/mol. The molecule has 1 saturated heterocycles. The number of amides is 1. The fourth-order valence-electron chi connectivity index (χ4n) is 7.27. The molecule has 0 spiro atoms. The summed E-state index contributed by atoms with van der Waals surface area (Å²) in [4.78, 5) is 15.0. The van der Waals surface area contributed by atoms with Crippen LogP contribution < -0.4 is 10.1 Å². The molecule has 218 valence electrons. The van der Waals surface area contributed by atoms with Crippen molar-refractivity contribution in [1.29, 1.82) is 0 Å². The number of halogens is 3. The molecule has 5 nitrogen and oxygen atoms in total. The Balaban J connectivity index is 1.27. The number of nitrogens with one attached hydrogen (secondary N) is 1. The van der Waals surface area contributed by atoms with Crippen molar-refractivity contribution in [2.24, 2.45) is 5.92 Å². The first-order chi connectivity index (χ1) is 19.2. The molecule has 0 aromatic heterocycles. The van der Waals surface area contributed by atoms with E-state index < -0.39 is 23.3 Å². The predicted octanol–water partition coefficient (Wildman–Crippen LogP) is 6.56. The van der Waals surface area contributed by atoms with Crippen LogP contribution in [0.3, 0.4) is 0 Å². The summed E-state index contributed by atoms with van der Waals surface area (Å²) in [6, 6.07) is 15.4. The second kappa shape index (κ2) is 12.1. The summed E-state index contributed by atoms with van der Waals surface area (Å²) in [5.41, 5.74) is -0.0691. The predicted molar refractivity (Wildman–Crippen MR) is 148 cm³/mol. The van der Waals surface area contributed by atoms with Crippen molar-refractivity contribution in [2.75, 3.05) is 26.2 Å². The first kappa shape index (κ1) is 28.9. The second-order valence-corrected chi connectivity index (χ2v) is 12.0. The van der Waals surface area contributed by atoms with Gasteiger partial charge in [-0.1, -0.05) is 49.2 Å². The fourth-order valence-corrected chi connectivity index (χ4v) is 7.27. The number of aliphatic hydroxyl groups is 1. The molecule has 2 fully saturated rings. The number of nitrogens with zero attached hydrogens (tertiary/aromatic N) is 1. The van der Waals surface area contributed by atoms with Crippen molar-refractivity contribution in [3.8, 4) is 5.75 Å². The molecule has 3 aliphatic rings. The molecular formula is C32H41F3N2O3. The topological polar surface area (TPSA) is 61.8 Å². The van der Waals surface area contributed by atoms with E-state index in [0.717, 1.165) is 42.7 Å². The minimum atomic E-state index is -4.65. The number of ether oxygens (including phenoxy) is 1. The number of hydrogen-bond acceptors (Lipinski definition) is 4. The molecule has 2 N–H and O–H groups in total. The summed E-state index contributed by atoms with van der Waals surface area (Å²) in [5, 5.41) is 13.5. The van der Waals surface area contributed by atoms with Gasteiger partial charge in [-0.3, -0.25) is 0 Å². The molecule has 0 radical (unpaired) electrons. The van der Waals surface area contributed by atoms with E-state index in [9.17, 15) is 23.1 Å². The van der Waals surface area contributed by atoms with Crippen LogP contribution in [0.5, 0.6) is 5.75 Å². The van der Waals surface area contributed by atoms with Gasteiger partial charge in [0.2, 0.25) is 0 Å². The molecule has 0 unspecified atom stereocenters. The maximum atomic E-state index is 13.8. The van der Waals surface area contributed by atoms with E-state index in [0.29, 0.717) is 31.6 Å². The average Bonchev–Trinajstić information content (AvgIpc) is 3.20. The zero-order valence-corrected chi connectivity index (χ0v) is 23.1. The number of hydrogen-bond donors (Lipinski definition) is 2. The van der Waals surface area contributed by atoms with Crippen molar-refractivity contribution < 1.29 is 27.8 Å². The molecule has 1 amide bonds. The van der Waals surface area contributed by atoms with Crippen LogP contribution in [0.15, 0.2) is 48.5 Å². The molecular weight excluding hydrogens is 517 g/mol. The van der Waals surface area contributed by atoms with Crippen LogP contribution in [-0.4, -0.2) is 54.1 Å². The highest BCUT2D eigenvalue weighted by Crippen LogP contribution is 2.57. The summed E-state index contributed by atoms with van der Waals surface area (Å²) in [5.74, 6) is 0.138. The smallest absolute Gasteiger partial charge is 0.410 e. The number of alkyl halides is 3. The second-order valence-electron chi connectivity index (χ2n) is 12.0. The van der Waals surface area contributed by atoms with Crippen LogP contribution in [0.4, 0.5) is 18.0 Å². The van der Waals surface area contributed by atoms with Gasteiger partial charge in [0, 0.05) is 12.0 Å². The van der Waals surface area contributed by atoms with Gasteiger partial charge in [0.25, 0.3) is 0 Å². The van der Waals surface area contributed by atoms with Gasteiger partial charge in [0.05, 0.1) is 0 Å². The fraction of sp³-hybridized carbons (Fsp3) is 0.594. The molecule has 2 aromatic rings. The van der Waals surface area contributed by atoms with Crippen molar-refractivity contribution >= 4 is 6.09 Å². The van der Waals surface area contributed by atoms with E-state index >= 15 is 0 Å². The molecule has 40 heavy (non-hydrogen) atoms. The zero-order chi connectivity index (χ0) is 28.2. The Labute approximate surface area is 235 Å². The molecule has 1 aliphatic heterocycles. The molecule has 3 atom stereocenters. The van der Waals surface area contributed by atoms with E-state index in [-0.39, 0.29) is 25.2 Å². The van der Waals surface area contributed by atoms with Gasteiger partial charge < -0.3 is 20.1 Å². The van der Waals surface area contributed by atoms with E-state index in [2.05, 4.69) is 10.2 Å². The highest BCUT2D eigenvalue weighted by molar-refractivity contribution is 5.70. The maximum absolute atomic E-state index is 13.8. The minimum Gasteiger partial charge on any atom is -0.410 e. The van der Waals surface area contributed by atoms with Crippen LogP contribution in [-0.2, 0) is 18.3 Å². The van der Waals surface area contributed by atoms with Crippen molar-refractivity contribution in [2.45, 2.75) is 87.8 Å². The van der Waals surface area contributed by atoms with Gasteiger partial charge >= 0.3 is 12.3 Å². The highest BCUT2D eigenvalue weighted by atomic mass is 19.4. The molecule has 8 heteroatoms. The number of fused-ring (bicyclic) bond motifs is 3. The van der Waals surface area contributed by atoms with Gasteiger partial charge in [-0.25, -0.2) is 4.79 Å². The molecule has 1 heterocycles. The SMILES string of the molecule is O=C(NCCCN1CCCCCC1)Oc1ccc2c(c1)CC[C@@H]1C[C@@](O)(C(F)(F)F)CC[C@@]21Cc1ccccc1. The van der Waals surface area contributed by atoms with Crippen LogP contribution >= 0.6 is 0 Å². The normalized spacial score (nSPS) is 27.2. The van der Waals surface area contributed by atoms with E-state index in [1.54, 1.807) is 6.07 Å². The number of rotatable bonds is 7. The van der Waals surface area contributed by atoms with Crippen LogP contribution in [0.1, 0.15) is 74.5 Å². The van der Waals surface area contributed by atoms with E-state index in [4.69, 9.17) is 4.74 Å². The Bertz CT molecular complexity index is 1150. The number of carbonyl (C=O) groups excluding carboxylic acids is 1. The van der Waals surface area contributed by atoms with Gasteiger partial charge in [-0.05, 0) is 112 Å². The zero-order valence-electron chi connectivity index (χ0n) is 23.1. The van der Waals surface area contributed by atoms with Crippen molar-refractivity contribution in [3.05, 3.63) is 65.2 Å². The molecule has 1 saturated carbocycles. The number of benzene rings is 2. The van der Waals surface area contributed by atoms with E-state index in [1.807, 2.05) is 42.5 Å². The monoisotopic (exact) mass is 558 g/mol. The quantitative estimate of drug-likeness (QED) is 0.378. The van der Waals surface area contributed by atoms with Crippen molar-refractivity contribution in [1.82, 2.24) is 10.2 Å². The van der Waals surface area contributed by atoms with Crippen LogP contribution in [0.25, 0.3) is 0 Å². The highest BCUT2D eigenvalue weighted by Gasteiger charge is 2.61. The molecule has 0 bridgehead atoms. The third-order valence-electron chi connectivity index (χ3n) is 9.45. The Morgan fingerprint density at radius 2 is 1.80 bits per heavy atom. The summed E-state index contributed by atoms with van der Waals surface area (Å²) in [6.07, 6.45) is 2.17. The summed E-state index contributed by atoms with van der Waals surface area (Å²) in [6.45, 7) is 3.76. The van der Waals surface area contributed by atoms with Gasteiger partial charge in [-0.15, -0.1) is 0 Å². The van der Waals surface area contributed by atoms with Gasteiger partial charge in [0.1, 0.15) is 5.75 Å². The van der Waals surface area contributed by atoms with Crippen LogP contribution in [0.2, 0.25) is 0 Å². The lowest BCUT2D eigenvalue weighted by molar-refractivity contribution is -0.279. The number of carbonyl (C=O) groups is 1. The molecule has 2 aliphatic carbocycles. The molecule has 5 rings (SSSR count). The lowest BCUT2D eigenvalue weighted by atomic mass is 9.52. The third-order valence-corrected chi connectivity index (χ3v) is 9.45. The Morgan fingerprint density at radius 1 is 1.05 bits per heavy atom. The number of likely N-dealkylation sites (tertiary alicyclic amines) is 1. The summed E-state index contributed by atoms with van der Waals surface area (Å²) in [7, 11) is 0. The van der Waals surface area contributed by atoms with Gasteiger partial charge in [0.15, 0.2) is 5.60 Å². The Kier molecular flexibility index (Phi) is 8.76. The number of aryl methyl sites for hydroxylation is 1. The lowest BCUT2D eigenvalue weighted by Crippen LogP contribution is -2.56. The first-order valence-electron chi connectivity index (χ1n) is 14.8. The van der Waals surface area contributed by atoms with Gasteiger partial charge in [-0.2, -0.15) is 13.2 Å². The Morgan fingerprint density at radius 3 is 2.52 bits per heavy atom. The molecule has 2 aromatic carbocycles. The third kappa shape index (κ3) is 6.33. The summed E-state index contributed by atoms with van der Waals surface area (Å²) >= 11 is 0. The summed E-state index contributed by atoms with van der Waals surface area (Å²) < 4.78 is 47.1. The van der Waals surface area contributed by atoms with Crippen LogP contribution in [0, 0.1) is 5.92 Å². The minimum absolute atomic E-state index is 0.243. The largest absolute Gasteiger partial charge is 0.417 e. The lowest BCUT2D eigenvalue weighted by Gasteiger charge is -2.53. The Hall–Kier alpha value is -2.58. The maximum Gasteiger partial charge on any atom is 0.417 e. The first-order valence-corrected chi connectivity index (χ1v) is 14.8.